The van der Waals surface area contributed by atoms with Gasteiger partial charge in [-0.2, -0.15) is 0 Å². The summed E-state index contributed by atoms with van der Waals surface area (Å²) in [5.41, 5.74) is 11.2. The van der Waals surface area contributed by atoms with E-state index < -0.39 is 0 Å². The monoisotopic (exact) mass is 566 g/mol. The minimum absolute atomic E-state index is 0.0569. The molecule has 4 aromatic rings. The molecular weight excluding hydrogens is 512 g/mol. The van der Waals surface area contributed by atoms with E-state index in [1.165, 1.54) is 0 Å². The highest BCUT2D eigenvalue weighted by atomic mass is 16.1. The maximum atomic E-state index is 11.4. The molecule has 7 heteroatoms. The smallest absolute Gasteiger partial charge is 0.159 e. The van der Waals surface area contributed by atoms with Gasteiger partial charge in [0.25, 0.3) is 0 Å². The minimum atomic E-state index is 0.0569. The van der Waals surface area contributed by atoms with Crippen molar-refractivity contribution in [2.75, 3.05) is 18.1 Å². The van der Waals surface area contributed by atoms with E-state index in [-0.39, 0.29) is 5.78 Å². The number of hydrogen-bond acceptors (Lipinski definition) is 6. The molecule has 0 saturated heterocycles. The molecule has 0 spiro atoms. The molecule has 0 aliphatic heterocycles. The number of aromatic amines is 1. The summed E-state index contributed by atoms with van der Waals surface area (Å²) in [5.74, 6) is 0.866. The van der Waals surface area contributed by atoms with E-state index in [2.05, 4.69) is 15.3 Å². The van der Waals surface area contributed by atoms with E-state index in [1.807, 2.05) is 119 Å². The van der Waals surface area contributed by atoms with Crippen molar-refractivity contribution in [2.45, 2.75) is 76.2 Å². The molecule has 7 nitrogen and oxygen atoms in total. The summed E-state index contributed by atoms with van der Waals surface area (Å²) in [6, 6.07) is 20.3. The first-order valence-corrected chi connectivity index (χ1v) is 14.4. The molecule has 41 heavy (non-hydrogen) atoms. The predicted molar refractivity (Wildman–Crippen MR) is 181 cm³/mol. The molecule has 0 amide bonds. The highest BCUT2D eigenvalue weighted by Crippen LogP contribution is 2.22. The number of nitrogens with two attached hydrogens (primary N) is 1. The second kappa shape index (κ2) is 30.3. The number of fused-ring (bicyclic) bond motifs is 1. The molecule has 0 saturated carbocycles. The maximum Gasteiger partial charge on any atom is 0.159 e. The third-order valence-corrected chi connectivity index (χ3v) is 4.41. The Kier molecular flexibility index (Phi) is 32.3. The number of aldehydes is 1. The van der Waals surface area contributed by atoms with Crippen molar-refractivity contribution < 1.29 is 14.4 Å². The Bertz CT molecular complexity index is 1150. The molecule has 4 N–H and O–H groups in total. The van der Waals surface area contributed by atoms with E-state index in [0.717, 1.165) is 34.4 Å². The number of aromatic nitrogens is 2. The fourth-order valence-electron chi connectivity index (χ4n) is 2.73. The van der Waals surface area contributed by atoms with Gasteiger partial charge in [0, 0.05) is 35.1 Å². The van der Waals surface area contributed by atoms with Crippen LogP contribution in [0.15, 0.2) is 66.7 Å². The average molecular weight is 567 g/mol. The molecule has 0 unspecified atom stereocenters. The molecule has 0 radical (unpaired) electrons. The summed E-state index contributed by atoms with van der Waals surface area (Å²) >= 11 is 0. The van der Waals surface area contributed by atoms with Crippen LogP contribution in [0.25, 0.3) is 22.4 Å². The lowest BCUT2D eigenvalue weighted by molar-refractivity contribution is -0.0980. The summed E-state index contributed by atoms with van der Waals surface area (Å²) in [4.78, 5) is 37.3. The molecule has 0 bridgehead atoms. The molecule has 1 aromatic heterocycles. The van der Waals surface area contributed by atoms with Crippen molar-refractivity contribution in [2.24, 2.45) is 0 Å². The van der Waals surface area contributed by atoms with Crippen LogP contribution < -0.4 is 11.1 Å². The first-order valence-electron chi connectivity index (χ1n) is 14.4. The number of nitrogen functional groups attached to an aromatic ring is 1. The molecule has 1 heterocycles. The number of rotatable bonds is 4. The zero-order valence-corrected chi connectivity index (χ0v) is 27.4. The van der Waals surface area contributed by atoms with E-state index in [9.17, 15) is 9.59 Å². The van der Waals surface area contributed by atoms with Crippen LogP contribution in [0.5, 0.6) is 0 Å². The van der Waals surface area contributed by atoms with Crippen LogP contribution in [0.3, 0.4) is 0 Å². The van der Waals surface area contributed by atoms with Gasteiger partial charge in [-0.05, 0) is 73.7 Å². The van der Waals surface area contributed by atoms with E-state index in [4.69, 9.17) is 10.5 Å². The highest BCUT2D eigenvalue weighted by Gasteiger charge is 2.07. The second-order valence-electron chi connectivity index (χ2n) is 6.49. The van der Waals surface area contributed by atoms with Crippen molar-refractivity contribution in [1.82, 2.24) is 9.97 Å². The first-order chi connectivity index (χ1) is 20.0. The van der Waals surface area contributed by atoms with Crippen molar-refractivity contribution >= 4 is 41.3 Å². The van der Waals surface area contributed by atoms with Gasteiger partial charge >= 0.3 is 0 Å². The quantitative estimate of drug-likeness (QED) is 0.129. The number of anilines is 2. The number of carbonyl (C=O) groups is 3. The molecule has 0 atom stereocenters. The van der Waals surface area contributed by atoms with Gasteiger partial charge < -0.3 is 20.8 Å². The van der Waals surface area contributed by atoms with Crippen LogP contribution in [-0.4, -0.2) is 35.9 Å². The van der Waals surface area contributed by atoms with Gasteiger partial charge in [0.2, 0.25) is 0 Å². The van der Waals surface area contributed by atoms with Crippen LogP contribution in [0, 0.1) is 0 Å². The van der Waals surface area contributed by atoms with Crippen molar-refractivity contribution in [3.63, 3.8) is 0 Å². The standard InChI is InChI=1S/C16H15N3O.C7H7NO.5C2H6.CH2O/c1-10(20)12-5-8-14-15(9-12)19-16(18-14)11-3-6-13(17-2)7-4-11;8-7-3-1-6(5-9)2-4-7;6*1-2/h3-9,17H,1-2H3,(H,18,19);1-5H,8H2;5*1-2H3;1H2. The van der Waals surface area contributed by atoms with Crippen molar-refractivity contribution in [1.29, 1.82) is 0 Å². The lowest BCUT2D eigenvalue weighted by Crippen LogP contribution is -1.90. The second-order valence-corrected chi connectivity index (χ2v) is 6.49. The normalized spacial score (nSPS) is 8.00. The highest BCUT2D eigenvalue weighted by molar-refractivity contribution is 5.97. The SMILES string of the molecule is C=O.CC.CC.CC.CC.CC.CNc1ccc(-c2nc3ccc(C(C)=O)cc3[nH]2)cc1.Nc1ccc(C=O)cc1. The molecule has 0 aliphatic carbocycles. The van der Waals surface area contributed by atoms with Crippen LogP contribution in [0.4, 0.5) is 11.4 Å². The van der Waals surface area contributed by atoms with Crippen LogP contribution in [0.1, 0.15) is 96.9 Å². The van der Waals surface area contributed by atoms with E-state index in [0.29, 0.717) is 16.8 Å². The minimum Gasteiger partial charge on any atom is -0.399 e. The van der Waals surface area contributed by atoms with Gasteiger partial charge in [0.15, 0.2) is 5.78 Å². The molecule has 228 valence electrons. The fourth-order valence-corrected chi connectivity index (χ4v) is 2.73. The van der Waals surface area contributed by atoms with Crippen LogP contribution >= 0.6 is 0 Å². The Hall–Kier alpha value is -4.26. The van der Waals surface area contributed by atoms with Gasteiger partial charge in [0.1, 0.15) is 18.9 Å². The number of Topliss-reactive ketones (excluding diaryl/α,β-unsaturated/α-hetero) is 1. The van der Waals surface area contributed by atoms with E-state index >= 15 is 0 Å². The summed E-state index contributed by atoms with van der Waals surface area (Å²) in [6.45, 7) is 23.6. The molecule has 0 fully saturated rings. The van der Waals surface area contributed by atoms with Crippen LogP contribution in [-0.2, 0) is 4.79 Å². The molecule has 0 aliphatic rings. The Morgan fingerprint density at radius 1 is 0.805 bits per heavy atom. The first kappa shape index (κ1) is 43.8. The van der Waals surface area contributed by atoms with Crippen LogP contribution in [0.2, 0.25) is 0 Å². The van der Waals surface area contributed by atoms with Gasteiger partial charge in [0.05, 0.1) is 11.0 Å². The number of imidazole rings is 1. The van der Waals surface area contributed by atoms with Gasteiger partial charge in [-0.25, -0.2) is 4.98 Å². The topological polar surface area (TPSA) is 118 Å². The van der Waals surface area contributed by atoms with Crippen molar-refractivity contribution in [3.05, 3.63) is 77.9 Å². The number of carbonyl (C=O) groups excluding carboxylic acids is 3. The third kappa shape index (κ3) is 17.1. The number of H-pyrrole nitrogens is 1. The predicted octanol–water partition coefficient (Wildman–Crippen LogP) is 9.50. The number of ketones is 1. The molecule has 4 rings (SSSR count). The number of nitrogens with zero attached hydrogens (tertiary/aromatic N) is 1. The number of benzene rings is 3. The number of hydrogen-bond donors (Lipinski definition) is 3. The maximum absolute atomic E-state index is 11.4. The lowest BCUT2D eigenvalue weighted by atomic mass is 10.1. The Morgan fingerprint density at radius 3 is 1.71 bits per heavy atom. The van der Waals surface area contributed by atoms with Crippen molar-refractivity contribution in [3.8, 4) is 11.4 Å². The van der Waals surface area contributed by atoms with E-state index in [1.54, 1.807) is 37.3 Å². The number of nitrogens with one attached hydrogen (secondary N) is 2. The average Bonchev–Trinajstić information content (AvgIpc) is 3.51. The lowest BCUT2D eigenvalue weighted by Gasteiger charge is -2.00. The molecular formula is C34H54N4O3. The molecule has 3 aromatic carbocycles. The fraction of sp³-hybridized carbons (Fsp3) is 0.353. The largest absolute Gasteiger partial charge is 0.399 e. The summed E-state index contributed by atoms with van der Waals surface area (Å²) in [6.07, 6.45) is 0.791. The van der Waals surface area contributed by atoms with Gasteiger partial charge in [-0.3, -0.25) is 9.59 Å². The Morgan fingerprint density at radius 2 is 1.29 bits per heavy atom. The summed E-state index contributed by atoms with van der Waals surface area (Å²) in [7, 11) is 1.89. The summed E-state index contributed by atoms with van der Waals surface area (Å²) < 4.78 is 0. The Balaban J connectivity index is -0.000000274. The zero-order valence-electron chi connectivity index (χ0n) is 27.4. The zero-order chi connectivity index (χ0) is 32.8. The van der Waals surface area contributed by atoms with Gasteiger partial charge in [-0.15, -0.1) is 0 Å². The van der Waals surface area contributed by atoms with Gasteiger partial charge in [-0.1, -0.05) is 69.2 Å². The third-order valence-electron chi connectivity index (χ3n) is 4.41. The Labute approximate surface area is 249 Å². The summed E-state index contributed by atoms with van der Waals surface area (Å²) in [5, 5.41) is 3.08.